The third-order valence-corrected chi connectivity index (χ3v) is 12.6. The number of aryl methyl sites for hydroxylation is 1. The molecule has 4 aromatic rings. The van der Waals surface area contributed by atoms with E-state index in [2.05, 4.69) is 50.5 Å². The summed E-state index contributed by atoms with van der Waals surface area (Å²) in [7, 11) is 1.86. The molecule has 0 saturated carbocycles. The molecule has 16 heteroatoms. The Labute approximate surface area is 345 Å². The van der Waals surface area contributed by atoms with Gasteiger partial charge in [-0.2, -0.15) is 4.98 Å². The molecule has 6 heterocycles. The van der Waals surface area contributed by atoms with Crippen molar-refractivity contribution < 1.29 is 24.0 Å². The van der Waals surface area contributed by atoms with E-state index in [1.165, 1.54) is 22.2 Å². The molecule has 3 aromatic carbocycles. The fraction of sp³-hybridized carbons (Fsp3) is 0.357. The van der Waals surface area contributed by atoms with Gasteiger partial charge in [0.05, 0.1) is 33.5 Å². The van der Waals surface area contributed by atoms with Gasteiger partial charge in [0.25, 0.3) is 17.7 Å². The third kappa shape index (κ3) is 6.82. The number of nitrogens with one attached hydrogen (secondary N) is 2. The molecule has 5 aliphatic heterocycles. The van der Waals surface area contributed by atoms with Gasteiger partial charge in [0.15, 0.2) is 0 Å². The van der Waals surface area contributed by atoms with Crippen molar-refractivity contribution in [1.82, 2.24) is 25.1 Å². The molecule has 1 aromatic heterocycles. The fourth-order valence-corrected chi connectivity index (χ4v) is 9.57. The maximum absolute atomic E-state index is 13.5. The normalized spacial score (nSPS) is 20.3. The van der Waals surface area contributed by atoms with Crippen LogP contribution in [-0.2, 0) is 9.59 Å². The lowest BCUT2D eigenvalue weighted by molar-refractivity contribution is -0.136. The van der Waals surface area contributed by atoms with Crippen molar-refractivity contribution >= 4 is 81.6 Å². The number of anilines is 5. The molecule has 0 bridgehead atoms. The zero-order valence-electron chi connectivity index (χ0n) is 32.0. The van der Waals surface area contributed by atoms with Gasteiger partial charge < -0.3 is 20.0 Å². The maximum Gasteiger partial charge on any atom is 0.265 e. The number of amides is 5. The van der Waals surface area contributed by atoms with Crippen LogP contribution in [0.1, 0.15) is 73.8 Å². The summed E-state index contributed by atoms with van der Waals surface area (Å²) >= 11 is 12.8. The number of imide groups is 2. The van der Waals surface area contributed by atoms with E-state index in [0.29, 0.717) is 56.0 Å². The van der Waals surface area contributed by atoms with Crippen LogP contribution in [0.3, 0.4) is 0 Å². The second-order valence-corrected chi connectivity index (χ2v) is 16.6. The Morgan fingerprint density at radius 2 is 1.60 bits per heavy atom. The highest BCUT2D eigenvalue weighted by molar-refractivity contribution is 6.40. The topological polar surface area (TPSA) is 151 Å². The van der Waals surface area contributed by atoms with Crippen molar-refractivity contribution in [1.29, 1.82) is 0 Å². The van der Waals surface area contributed by atoms with Crippen LogP contribution in [-0.4, -0.2) is 102 Å². The van der Waals surface area contributed by atoms with Crippen LogP contribution in [0.25, 0.3) is 0 Å². The molecule has 58 heavy (non-hydrogen) atoms. The quantitative estimate of drug-likeness (QED) is 0.214. The molecule has 0 aliphatic carbocycles. The highest BCUT2D eigenvalue weighted by atomic mass is 35.5. The molecule has 1 unspecified atom stereocenters. The number of halogens is 2. The number of aromatic nitrogens is 2. The predicted octanol–water partition coefficient (Wildman–Crippen LogP) is 5.61. The average molecular weight is 823 g/mol. The minimum atomic E-state index is -0.971. The van der Waals surface area contributed by atoms with Gasteiger partial charge >= 0.3 is 0 Å². The van der Waals surface area contributed by atoms with Gasteiger partial charge in [0, 0.05) is 56.6 Å². The zero-order chi connectivity index (χ0) is 40.4. The Morgan fingerprint density at radius 1 is 0.862 bits per heavy atom. The number of carbonyl (C=O) groups is 5. The van der Waals surface area contributed by atoms with E-state index in [4.69, 9.17) is 28.2 Å². The van der Waals surface area contributed by atoms with E-state index in [0.717, 1.165) is 61.8 Å². The van der Waals surface area contributed by atoms with Crippen molar-refractivity contribution in [2.75, 3.05) is 66.5 Å². The number of benzene rings is 3. The molecule has 3 fully saturated rings. The van der Waals surface area contributed by atoms with Crippen molar-refractivity contribution in [2.45, 2.75) is 44.6 Å². The molecule has 298 valence electrons. The Hall–Kier alpha value is -5.57. The molecule has 5 amide bonds. The van der Waals surface area contributed by atoms with E-state index in [1.807, 2.05) is 18.0 Å². The van der Waals surface area contributed by atoms with Gasteiger partial charge in [-0.15, -0.1) is 0 Å². The van der Waals surface area contributed by atoms with Crippen LogP contribution in [0, 0.1) is 12.8 Å². The van der Waals surface area contributed by atoms with Crippen molar-refractivity contribution in [2.24, 2.45) is 5.92 Å². The first-order valence-corrected chi connectivity index (χ1v) is 20.2. The summed E-state index contributed by atoms with van der Waals surface area (Å²) in [4.78, 5) is 82.2. The second-order valence-electron chi connectivity index (χ2n) is 15.8. The monoisotopic (exact) mass is 821 g/mol. The van der Waals surface area contributed by atoms with E-state index >= 15 is 0 Å². The first-order chi connectivity index (χ1) is 27.9. The van der Waals surface area contributed by atoms with Gasteiger partial charge in [0.1, 0.15) is 17.4 Å². The first-order valence-electron chi connectivity index (χ1n) is 19.5. The lowest BCUT2D eigenvalue weighted by Crippen LogP contribution is -2.54. The molecular weight excluding hydrogens is 781 g/mol. The lowest BCUT2D eigenvalue weighted by atomic mass is 9.86. The van der Waals surface area contributed by atoms with Gasteiger partial charge in [-0.25, -0.2) is 4.98 Å². The minimum Gasteiger partial charge on any atom is -0.371 e. The van der Waals surface area contributed by atoms with Gasteiger partial charge in [0.2, 0.25) is 17.8 Å². The summed E-state index contributed by atoms with van der Waals surface area (Å²) in [6.45, 7) is 7.13. The Bertz CT molecular complexity index is 2380. The summed E-state index contributed by atoms with van der Waals surface area (Å²) in [5, 5.41) is 6.35. The molecule has 3 saturated heterocycles. The minimum absolute atomic E-state index is 0.0919. The highest BCUT2D eigenvalue weighted by Gasteiger charge is 2.45. The highest BCUT2D eigenvalue weighted by Crippen LogP contribution is 2.39. The Kier molecular flexibility index (Phi) is 9.81. The fourth-order valence-electron chi connectivity index (χ4n) is 8.97. The molecule has 0 radical (unpaired) electrons. The van der Waals surface area contributed by atoms with Crippen LogP contribution in [0.15, 0.2) is 60.8 Å². The standard InChI is InChI=1S/C42H41Cl2N9O5/c1-23-16-26(46-42-45-18-31-37(48-42)49(2)22-52(39(31)56)36-32(43)4-3-5-33(36)44)6-8-28(23)25-12-14-50(15-13-25)19-24-20-51(21-24)27-7-9-29-30(17-27)41(58)53(40(29)57)34-10-11-35(54)47-38(34)55/h3-9,16-18,24-25,34H,10-15,19-22H2,1-2H3,(H,45,46,48)(H,47,54,55). The number of hydrogen-bond donors (Lipinski definition) is 2. The van der Waals surface area contributed by atoms with Crippen molar-refractivity contribution in [3.63, 3.8) is 0 Å². The molecule has 5 aliphatic rings. The second kappa shape index (κ2) is 15.0. The van der Waals surface area contributed by atoms with Crippen LogP contribution in [0.2, 0.25) is 10.0 Å². The van der Waals surface area contributed by atoms with Crippen LogP contribution >= 0.6 is 23.2 Å². The molecule has 2 N–H and O–H groups in total. The lowest BCUT2D eigenvalue weighted by Gasteiger charge is -2.44. The summed E-state index contributed by atoms with van der Waals surface area (Å²) in [6, 6.07) is 15.9. The van der Waals surface area contributed by atoms with Crippen molar-refractivity contribution in [3.05, 3.63) is 98.7 Å². The smallest absolute Gasteiger partial charge is 0.265 e. The summed E-state index contributed by atoms with van der Waals surface area (Å²) in [5.74, 6) is -0.365. The number of fused-ring (bicyclic) bond motifs is 2. The number of piperidine rings is 2. The van der Waals surface area contributed by atoms with Crippen molar-refractivity contribution in [3.8, 4) is 0 Å². The van der Waals surface area contributed by atoms with E-state index in [1.54, 1.807) is 30.3 Å². The maximum atomic E-state index is 13.5. The predicted molar refractivity (Wildman–Crippen MR) is 220 cm³/mol. The number of para-hydroxylation sites is 1. The molecular formula is C42H41Cl2N9O5. The largest absolute Gasteiger partial charge is 0.371 e. The van der Waals surface area contributed by atoms with Crippen LogP contribution in [0.4, 0.5) is 28.8 Å². The molecule has 0 spiro atoms. The molecule has 14 nitrogen and oxygen atoms in total. The Morgan fingerprint density at radius 3 is 2.33 bits per heavy atom. The summed E-state index contributed by atoms with van der Waals surface area (Å²) in [6.07, 6.45) is 3.90. The number of carbonyl (C=O) groups excluding carboxylic acids is 5. The summed E-state index contributed by atoms with van der Waals surface area (Å²) in [5.41, 5.74) is 5.72. The van der Waals surface area contributed by atoms with E-state index in [9.17, 15) is 24.0 Å². The van der Waals surface area contributed by atoms with Gasteiger partial charge in [-0.05, 0) is 98.8 Å². The first kappa shape index (κ1) is 38.0. The van der Waals surface area contributed by atoms with Crippen LogP contribution < -0.4 is 25.3 Å². The SMILES string of the molecule is Cc1cc(Nc2ncc3c(n2)N(C)CN(c2c(Cl)cccc2Cl)C3=O)ccc1C1CCN(CC2CN(c3ccc4c(c3)C(=O)N(C3CCC(=O)NC3=O)C4=O)C2)CC1. The third-order valence-electron chi connectivity index (χ3n) is 12.0. The molecule has 1 atom stereocenters. The number of nitrogens with zero attached hydrogens (tertiary/aromatic N) is 7. The van der Waals surface area contributed by atoms with E-state index in [-0.39, 0.29) is 25.4 Å². The average Bonchev–Trinajstić information content (AvgIpc) is 3.43. The van der Waals surface area contributed by atoms with E-state index < -0.39 is 29.7 Å². The Balaban J connectivity index is 0.768. The summed E-state index contributed by atoms with van der Waals surface area (Å²) < 4.78 is 0. The van der Waals surface area contributed by atoms with Gasteiger partial charge in [-0.3, -0.25) is 39.1 Å². The van der Waals surface area contributed by atoms with Crippen LogP contribution in [0.5, 0.6) is 0 Å². The number of rotatable bonds is 8. The number of hydrogen-bond acceptors (Lipinski definition) is 11. The molecule has 9 rings (SSSR count). The number of likely N-dealkylation sites (tertiary alicyclic amines) is 1. The zero-order valence-corrected chi connectivity index (χ0v) is 33.5. The van der Waals surface area contributed by atoms with Gasteiger partial charge in [-0.1, -0.05) is 35.3 Å².